The van der Waals surface area contributed by atoms with Crippen LogP contribution in [0.5, 0.6) is 11.5 Å². The number of amides is 4. The number of carbonyl (C=O) groups excluding carboxylic acids is 4. The Morgan fingerprint density at radius 1 is 0.758 bits per heavy atom. The maximum Gasteiger partial charge on any atom is 0.407 e. The van der Waals surface area contributed by atoms with Crippen LogP contribution in [0.4, 0.5) is 10.5 Å². The molecule has 0 spiro atoms. The maximum absolute atomic E-state index is 12.1. The smallest absolute Gasteiger partial charge is 0.407 e. The highest BCUT2D eigenvalue weighted by Crippen LogP contribution is 2.28. The minimum absolute atomic E-state index is 0.0698. The Hall–Kier alpha value is -4.28. The first kappa shape index (κ1) is 25.0. The quantitative estimate of drug-likeness (QED) is 0.390. The molecular weight excluding hydrogens is 432 g/mol. The molecule has 0 unspecified atom stereocenters. The molecule has 4 amide bonds. The summed E-state index contributed by atoms with van der Waals surface area (Å²) in [5, 5.41) is 9.59. The average molecular weight is 458 g/mol. The fourth-order valence-electron chi connectivity index (χ4n) is 2.52. The van der Waals surface area contributed by atoms with E-state index in [0.29, 0.717) is 17.2 Å². The predicted molar refractivity (Wildman–Crippen MR) is 119 cm³/mol. The second kappa shape index (κ2) is 13.2. The van der Waals surface area contributed by atoms with Crippen molar-refractivity contribution < 1.29 is 33.4 Å². The Kier molecular flexibility index (Phi) is 9.99. The minimum Gasteiger partial charge on any atom is -0.497 e. The van der Waals surface area contributed by atoms with Gasteiger partial charge in [-0.05, 0) is 17.7 Å². The van der Waals surface area contributed by atoms with Gasteiger partial charge >= 0.3 is 6.09 Å². The van der Waals surface area contributed by atoms with E-state index in [1.807, 2.05) is 18.2 Å². The van der Waals surface area contributed by atoms with E-state index in [9.17, 15) is 19.2 Å². The molecule has 11 heteroatoms. The van der Waals surface area contributed by atoms with Crippen molar-refractivity contribution in [3.8, 4) is 11.5 Å². The highest BCUT2D eigenvalue weighted by Gasteiger charge is 2.12. The summed E-state index contributed by atoms with van der Waals surface area (Å²) in [5.74, 6) is -0.716. The average Bonchev–Trinajstić information content (AvgIpc) is 2.84. The van der Waals surface area contributed by atoms with Crippen LogP contribution in [0, 0.1) is 0 Å². The van der Waals surface area contributed by atoms with Crippen molar-refractivity contribution in [3.05, 3.63) is 54.1 Å². The van der Waals surface area contributed by atoms with Gasteiger partial charge in [0, 0.05) is 6.07 Å². The largest absolute Gasteiger partial charge is 0.497 e. The number of anilines is 1. The van der Waals surface area contributed by atoms with Crippen LogP contribution in [0.25, 0.3) is 0 Å². The number of carbonyl (C=O) groups is 4. The molecule has 4 N–H and O–H groups in total. The molecule has 2 rings (SSSR count). The van der Waals surface area contributed by atoms with Gasteiger partial charge in [-0.25, -0.2) is 4.79 Å². The number of benzene rings is 2. The first-order valence-corrected chi connectivity index (χ1v) is 9.91. The Labute approximate surface area is 190 Å². The Balaban J connectivity index is 1.63. The lowest BCUT2D eigenvalue weighted by molar-refractivity contribution is -0.126. The van der Waals surface area contributed by atoms with Gasteiger partial charge in [-0.15, -0.1) is 0 Å². The minimum atomic E-state index is -0.761. The zero-order valence-corrected chi connectivity index (χ0v) is 18.3. The van der Waals surface area contributed by atoms with E-state index < -0.39 is 23.8 Å². The highest BCUT2D eigenvalue weighted by molar-refractivity contribution is 5.96. The molecule has 0 aliphatic carbocycles. The second-order valence-electron chi connectivity index (χ2n) is 6.58. The second-order valence-corrected chi connectivity index (χ2v) is 6.58. The highest BCUT2D eigenvalue weighted by atomic mass is 16.5. The first-order chi connectivity index (χ1) is 15.9. The molecule has 0 saturated heterocycles. The number of hydrogen-bond acceptors (Lipinski definition) is 7. The number of nitrogens with one attached hydrogen (secondary N) is 4. The SMILES string of the molecule is COc1ccc(OC)c(NC(=O)CNC(=O)CNC(=O)CNC(=O)OCc2ccccc2)c1. The number of methoxy groups -OCH3 is 2. The molecule has 0 atom stereocenters. The van der Waals surface area contributed by atoms with Crippen LogP contribution in [-0.4, -0.2) is 57.7 Å². The molecule has 0 radical (unpaired) electrons. The molecule has 0 aliphatic rings. The molecule has 33 heavy (non-hydrogen) atoms. The van der Waals surface area contributed by atoms with Crippen LogP contribution < -0.4 is 30.7 Å². The molecule has 11 nitrogen and oxygen atoms in total. The van der Waals surface area contributed by atoms with Crippen molar-refractivity contribution in [1.29, 1.82) is 0 Å². The Morgan fingerprint density at radius 3 is 2.03 bits per heavy atom. The standard InChI is InChI=1S/C22H26N4O7/c1-31-16-8-9-18(32-2)17(10-16)26-21(29)13-24-19(27)11-23-20(28)12-25-22(30)33-14-15-6-4-3-5-7-15/h3-10H,11-14H2,1-2H3,(H,23,28)(H,24,27)(H,25,30)(H,26,29). The Morgan fingerprint density at radius 2 is 1.39 bits per heavy atom. The van der Waals surface area contributed by atoms with E-state index in [1.165, 1.54) is 14.2 Å². The van der Waals surface area contributed by atoms with Crippen molar-refractivity contribution in [3.63, 3.8) is 0 Å². The van der Waals surface area contributed by atoms with E-state index in [2.05, 4.69) is 21.3 Å². The van der Waals surface area contributed by atoms with Crippen molar-refractivity contribution in [2.24, 2.45) is 0 Å². The third-order valence-electron chi connectivity index (χ3n) is 4.18. The molecule has 0 saturated carbocycles. The van der Waals surface area contributed by atoms with Crippen molar-refractivity contribution >= 4 is 29.5 Å². The van der Waals surface area contributed by atoms with E-state index >= 15 is 0 Å². The van der Waals surface area contributed by atoms with Gasteiger partial charge in [0.15, 0.2) is 0 Å². The number of rotatable bonds is 11. The molecule has 176 valence electrons. The van der Waals surface area contributed by atoms with E-state index in [0.717, 1.165) is 5.56 Å². The van der Waals surface area contributed by atoms with E-state index in [-0.39, 0.29) is 26.2 Å². The summed E-state index contributed by atoms with van der Waals surface area (Å²) in [5.41, 5.74) is 1.19. The summed E-state index contributed by atoms with van der Waals surface area (Å²) < 4.78 is 15.3. The van der Waals surface area contributed by atoms with Crippen LogP contribution >= 0.6 is 0 Å². The fraction of sp³-hybridized carbons (Fsp3) is 0.273. The Bertz CT molecular complexity index is 966. The monoisotopic (exact) mass is 458 g/mol. The van der Waals surface area contributed by atoms with Crippen LogP contribution in [0.3, 0.4) is 0 Å². The van der Waals surface area contributed by atoms with E-state index in [1.54, 1.807) is 30.3 Å². The molecule has 0 fully saturated rings. The van der Waals surface area contributed by atoms with Crippen LogP contribution in [-0.2, 0) is 25.7 Å². The topological polar surface area (TPSA) is 144 Å². The first-order valence-electron chi connectivity index (χ1n) is 9.91. The zero-order chi connectivity index (χ0) is 24.1. The fourth-order valence-corrected chi connectivity index (χ4v) is 2.52. The third-order valence-corrected chi connectivity index (χ3v) is 4.18. The summed E-state index contributed by atoms with van der Waals surface area (Å²) in [6.07, 6.45) is -0.761. The molecule has 0 heterocycles. The lowest BCUT2D eigenvalue weighted by Crippen LogP contribution is -2.43. The summed E-state index contributed by atoms with van der Waals surface area (Å²) in [4.78, 5) is 47.3. The summed E-state index contributed by atoms with van der Waals surface area (Å²) in [6, 6.07) is 14.0. The van der Waals surface area contributed by atoms with Gasteiger partial charge in [0.1, 0.15) is 24.7 Å². The van der Waals surface area contributed by atoms with Gasteiger partial charge in [0.05, 0.1) is 33.0 Å². The molecule has 0 aromatic heterocycles. The number of ether oxygens (including phenoxy) is 3. The molecule has 2 aromatic rings. The van der Waals surface area contributed by atoms with Gasteiger partial charge in [-0.1, -0.05) is 30.3 Å². The molecular formula is C22H26N4O7. The number of hydrogen-bond donors (Lipinski definition) is 4. The third kappa shape index (κ3) is 9.17. The molecule has 0 bridgehead atoms. The van der Waals surface area contributed by atoms with Crippen molar-refractivity contribution in [2.75, 3.05) is 39.2 Å². The predicted octanol–water partition coefficient (Wildman–Crippen LogP) is 0.801. The lowest BCUT2D eigenvalue weighted by atomic mass is 10.2. The van der Waals surface area contributed by atoms with Crippen molar-refractivity contribution in [2.45, 2.75) is 6.61 Å². The van der Waals surface area contributed by atoms with Gasteiger partial charge in [-0.3, -0.25) is 14.4 Å². The maximum atomic E-state index is 12.1. The normalized spacial score (nSPS) is 9.88. The van der Waals surface area contributed by atoms with E-state index in [4.69, 9.17) is 14.2 Å². The summed E-state index contributed by atoms with van der Waals surface area (Å²) in [6.45, 7) is -0.980. The summed E-state index contributed by atoms with van der Waals surface area (Å²) >= 11 is 0. The van der Waals surface area contributed by atoms with Crippen molar-refractivity contribution in [1.82, 2.24) is 16.0 Å². The molecule has 0 aliphatic heterocycles. The summed E-state index contributed by atoms with van der Waals surface area (Å²) in [7, 11) is 2.95. The van der Waals surface area contributed by atoms with Gasteiger partial charge < -0.3 is 35.5 Å². The van der Waals surface area contributed by atoms with Crippen LogP contribution in [0.15, 0.2) is 48.5 Å². The van der Waals surface area contributed by atoms with Crippen LogP contribution in [0.1, 0.15) is 5.56 Å². The van der Waals surface area contributed by atoms with Gasteiger partial charge in [0.2, 0.25) is 17.7 Å². The van der Waals surface area contributed by atoms with Gasteiger partial charge in [-0.2, -0.15) is 0 Å². The van der Waals surface area contributed by atoms with Crippen LogP contribution in [0.2, 0.25) is 0 Å². The zero-order valence-electron chi connectivity index (χ0n) is 18.3. The van der Waals surface area contributed by atoms with Gasteiger partial charge in [0.25, 0.3) is 0 Å². The molecule has 2 aromatic carbocycles. The lowest BCUT2D eigenvalue weighted by Gasteiger charge is -2.12. The number of alkyl carbamates (subject to hydrolysis) is 1.